The first-order chi connectivity index (χ1) is 12.7. The Morgan fingerprint density at radius 3 is 2.32 bits per heavy atom. The molecule has 0 aromatic heterocycles. The van der Waals surface area contributed by atoms with Gasteiger partial charge in [0.05, 0.1) is 4.90 Å². The van der Waals surface area contributed by atoms with Crippen LogP contribution >= 0.6 is 0 Å². The summed E-state index contributed by atoms with van der Waals surface area (Å²) in [5.41, 5.74) is -0.818. The van der Waals surface area contributed by atoms with E-state index in [0.29, 0.717) is 0 Å². The van der Waals surface area contributed by atoms with Crippen molar-refractivity contribution in [3.8, 4) is 0 Å². The molecule has 0 saturated heterocycles. The van der Waals surface area contributed by atoms with Crippen LogP contribution in [0.1, 0.15) is 41.0 Å². The fraction of sp³-hybridized carbons (Fsp3) is 0.529. The number of nitrogens with one attached hydrogen (secondary N) is 2. The molecule has 0 bridgehead atoms. The van der Waals surface area contributed by atoms with Crippen LogP contribution in [0.15, 0.2) is 29.2 Å². The number of amides is 2. The Bertz CT molecular complexity index is 804. The second kappa shape index (κ2) is 9.40. The fourth-order valence-electron chi connectivity index (χ4n) is 2.26. The minimum absolute atomic E-state index is 0.0127. The minimum atomic E-state index is -4.28. The summed E-state index contributed by atoms with van der Waals surface area (Å²) in [5, 5.41) is 20.8. The Morgan fingerprint density at radius 2 is 1.82 bits per heavy atom. The van der Waals surface area contributed by atoms with E-state index in [0.717, 1.165) is 6.07 Å². The van der Waals surface area contributed by atoms with Crippen molar-refractivity contribution in [1.82, 2.24) is 10.0 Å². The Hall–Kier alpha value is -2.11. The summed E-state index contributed by atoms with van der Waals surface area (Å²) in [5.74, 6) is -0.934. The predicted molar refractivity (Wildman–Crippen MR) is 104 cm³/mol. The molecule has 9 nitrogen and oxygen atoms in total. The standard InChI is InChI=1S/C17H27BN2O7S/c1-11(2)9-14(19-16(22)27-17(3,4)5)15(21)20-28(25,26)13-8-6-7-12(10-13)18(23)24/h6-8,10-11,14,23-24H,9H2,1-5H3,(H,19,22)(H,20,21)/t14-/m0/s1. The third kappa shape index (κ3) is 7.87. The van der Waals surface area contributed by atoms with Crippen LogP contribution in [-0.4, -0.2) is 49.2 Å². The van der Waals surface area contributed by atoms with Crippen molar-refractivity contribution in [3.05, 3.63) is 24.3 Å². The molecule has 0 unspecified atom stereocenters. The largest absolute Gasteiger partial charge is 0.488 e. The molecule has 156 valence electrons. The monoisotopic (exact) mass is 414 g/mol. The van der Waals surface area contributed by atoms with Gasteiger partial charge in [-0.1, -0.05) is 26.0 Å². The van der Waals surface area contributed by atoms with E-state index in [1.807, 2.05) is 18.6 Å². The van der Waals surface area contributed by atoms with Crippen molar-refractivity contribution in [2.45, 2.75) is 57.6 Å². The SMILES string of the molecule is CC(C)C[C@H](NC(=O)OC(C)(C)C)C(=O)NS(=O)(=O)c1cccc(B(O)O)c1. The van der Waals surface area contributed by atoms with E-state index in [-0.39, 0.29) is 22.7 Å². The predicted octanol–water partition coefficient (Wildman–Crippen LogP) is 0.111. The van der Waals surface area contributed by atoms with Crippen molar-refractivity contribution in [2.75, 3.05) is 0 Å². The number of sulfonamides is 1. The molecule has 28 heavy (non-hydrogen) atoms. The van der Waals surface area contributed by atoms with E-state index in [1.165, 1.54) is 18.2 Å². The lowest BCUT2D eigenvalue weighted by Gasteiger charge is -2.24. The van der Waals surface area contributed by atoms with Crippen LogP contribution in [0.2, 0.25) is 0 Å². The van der Waals surface area contributed by atoms with E-state index in [2.05, 4.69) is 5.32 Å². The minimum Gasteiger partial charge on any atom is -0.444 e. The van der Waals surface area contributed by atoms with Gasteiger partial charge in [-0.25, -0.2) is 17.9 Å². The third-order valence-corrected chi connectivity index (χ3v) is 4.76. The zero-order valence-electron chi connectivity index (χ0n) is 16.6. The quantitative estimate of drug-likeness (QED) is 0.464. The van der Waals surface area contributed by atoms with Crippen LogP contribution in [-0.2, 0) is 19.6 Å². The summed E-state index contributed by atoms with van der Waals surface area (Å²) in [6.07, 6.45) is -0.646. The van der Waals surface area contributed by atoms with Gasteiger partial charge in [0.25, 0.3) is 15.9 Å². The fourth-order valence-corrected chi connectivity index (χ4v) is 3.33. The molecule has 11 heteroatoms. The van der Waals surface area contributed by atoms with Gasteiger partial charge < -0.3 is 20.1 Å². The Morgan fingerprint density at radius 1 is 1.21 bits per heavy atom. The Labute approximate surface area is 165 Å². The number of alkyl carbamates (subject to hydrolysis) is 1. The van der Waals surface area contributed by atoms with Gasteiger partial charge in [0.2, 0.25) is 0 Å². The van der Waals surface area contributed by atoms with Crippen molar-refractivity contribution < 1.29 is 32.8 Å². The topological polar surface area (TPSA) is 142 Å². The number of rotatable bonds is 7. The molecule has 1 rings (SSSR count). The number of benzene rings is 1. The van der Waals surface area contributed by atoms with Crippen molar-refractivity contribution >= 4 is 34.6 Å². The Kier molecular flexibility index (Phi) is 8.03. The van der Waals surface area contributed by atoms with E-state index in [4.69, 9.17) is 4.74 Å². The van der Waals surface area contributed by atoms with Crippen LogP contribution in [0, 0.1) is 5.92 Å². The zero-order chi connectivity index (χ0) is 21.7. The number of carbonyl (C=O) groups is 2. The van der Waals surface area contributed by atoms with E-state index in [9.17, 15) is 28.1 Å². The number of hydrogen-bond donors (Lipinski definition) is 4. The number of carbonyl (C=O) groups excluding carboxylic acids is 2. The summed E-state index contributed by atoms with van der Waals surface area (Å²) >= 11 is 0. The molecule has 0 aliphatic rings. The van der Waals surface area contributed by atoms with E-state index in [1.54, 1.807) is 20.8 Å². The molecule has 0 saturated carbocycles. The molecular weight excluding hydrogens is 387 g/mol. The summed E-state index contributed by atoms with van der Waals surface area (Å²) in [6.45, 7) is 8.63. The zero-order valence-corrected chi connectivity index (χ0v) is 17.4. The van der Waals surface area contributed by atoms with Gasteiger partial charge >= 0.3 is 13.2 Å². The van der Waals surface area contributed by atoms with Gasteiger partial charge in [0.1, 0.15) is 11.6 Å². The first kappa shape index (κ1) is 23.9. The van der Waals surface area contributed by atoms with E-state index < -0.39 is 40.8 Å². The van der Waals surface area contributed by atoms with Gasteiger partial charge in [0, 0.05) is 0 Å². The van der Waals surface area contributed by atoms with Crippen molar-refractivity contribution in [1.29, 1.82) is 0 Å². The number of ether oxygens (including phenoxy) is 1. The molecule has 0 spiro atoms. The molecule has 4 N–H and O–H groups in total. The van der Waals surface area contributed by atoms with E-state index >= 15 is 0 Å². The third-order valence-electron chi connectivity index (χ3n) is 3.42. The maximum absolute atomic E-state index is 12.5. The second-order valence-corrected chi connectivity index (χ2v) is 9.43. The van der Waals surface area contributed by atoms with Crippen molar-refractivity contribution in [3.63, 3.8) is 0 Å². The highest BCUT2D eigenvalue weighted by molar-refractivity contribution is 7.90. The smallest absolute Gasteiger partial charge is 0.444 e. The van der Waals surface area contributed by atoms with Crippen LogP contribution in [0.4, 0.5) is 4.79 Å². The molecule has 0 aliphatic carbocycles. The molecular formula is C17H27BN2O7S. The molecule has 1 aromatic carbocycles. The molecule has 0 fully saturated rings. The first-order valence-electron chi connectivity index (χ1n) is 8.73. The molecule has 0 radical (unpaired) electrons. The maximum atomic E-state index is 12.5. The van der Waals surface area contributed by atoms with Gasteiger partial charge in [-0.05, 0) is 50.7 Å². The van der Waals surface area contributed by atoms with Crippen LogP contribution in [0.5, 0.6) is 0 Å². The van der Waals surface area contributed by atoms with Gasteiger partial charge in [-0.15, -0.1) is 0 Å². The molecule has 1 atom stereocenters. The molecule has 1 aromatic rings. The maximum Gasteiger partial charge on any atom is 0.488 e. The summed E-state index contributed by atoms with van der Waals surface area (Å²) in [6, 6.07) is 3.77. The highest BCUT2D eigenvalue weighted by Crippen LogP contribution is 2.12. The highest BCUT2D eigenvalue weighted by Gasteiger charge is 2.29. The average Bonchev–Trinajstić information content (AvgIpc) is 2.51. The van der Waals surface area contributed by atoms with Crippen LogP contribution < -0.4 is 15.5 Å². The summed E-state index contributed by atoms with van der Waals surface area (Å²) in [7, 11) is -6.13. The molecule has 0 aliphatic heterocycles. The second-order valence-electron chi connectivity index (χ2n) is 7.74. The molecule has 2 amide bonds. The summed E-state index contributed by atoms with van der Waals surface area (Å²) in [4.78, 5) is 24.2. The lowest BCUT2D eigenvalue weighted by Crippen LogP contribution is -2.50. The first-order valence-corrected chi connectivity index (χ1v) is 10.2. The normalized spacial score (nSPS) is 13.0. The lowest BCUT2D eigenvalue weighted by atomic mass is 9.81. The highest BCUT2D eigenvalue weighted by atomic mass is 32.2. The van der Waals surface area contributed by atoms with Gasteiger partial charge in [0.15, 0.2) is 0 Å². The van der Waals surface area contributed by atoms with Crippen molar-refractivity contribution in [2.24, 2.45) is 5.92 Å². The van der Waals surface area contributed by atoms with Crippen LogP contribution in [0.3, 0.4) is 0 Å². The van der Waals surface area contributed by atoms with Gasteiger partial charge in [-0.2, -0.15) is 0 Å². The Balaban J connectivity index is 3.00. The lowest BCUT2D eigenvalue weighted by molar-refractivity contribution is -0.121. The van der Waals surface area contributed by atoms with Gasteiger partial charge in [-0.3, -0.25) is 4.79 Å². The summed E-state index contributed by atoms with van der Waals surface area (Å²) < 4.78 is 32.0. The number of hydrogen-bond acceptors (Lipinski definition) is 7. The average molecular weight is 414 g/mol. The van der Waals surface area contributed by atoms with Crippen LogP contribution in [0.25, 0.3) is 0 Å². The molecule has 0 heterocycles.